The predicted octanol–water partition coefficient (Wildman–Crippen LogP) is 3.84. The largest absolute Gasteiger partial charge is 0.454 e. The molecule has 0 fully saturated rings. The zero-order chi connectivity index (χ0) is 19.5. The van der Waals surface area contributed by atoms with Crippen molar-refractivity contribution in [2.24, 2.45) is 0 Å². The van der Waals surface area contributed by atoms with Crippen LogP contribution in [0.15, 0.2) is 48.8 Å². The fourth-order valence-electron chi connectivity index (χ4n) is 2.70. The highest BCUT2D eigenvalue weighted by Crippen LogP contribution is 2.32. The second kappa shape index (κ2) is 7.74. The van der Waals surface area contributed by atoms with Crippen molar-refractivity contribution in [1.82, 2.24) is 15.3 Å². The number of nitrogens with one attached hydrogen (secondary N) is 2. The number of ether oxygens (including phenoxy) is 2. The first kappa shape index (κ1) is 18.1. The van der Waals surface area contributed by atoms with Crippen LogP contribution in [0.3, 0.4) is 0 Å². The first-order valence-electron chi connectivity index (χ1n) is 8.60. The Hall–Kier alpha value is -3.32. The average molecular weight is 397 g/mol. The maximum atomic E-state index is 12.3. The topological polar surface area (TPSA) is 85.4 Å². The van der Waals surface area contributed by atoms with Gasteiger partial charge >= 0.3 is 0 Å². The molecule has 0 spiro atoms. The van der Waals surface area contributed by atoms with Crippen LogP contribution in [0.2, 0.25) is 5.02 Å². The quantitative estimate of drug-likeness (QED) is 0.681. The van der Waals surface area contributed by atoms with Gasteiger partial charge in [-0.15, -0.1) is 0 Å². The Balaban J connectivity index is 1.38. The first-order valence-corrected chi connectivity index (χ1v) is 8.98. The maximum Gasteiger partial charge on any atom is 0.271 e. The van der Waals surface area contributed by atoms with Crippen LogP contribution in [0.25, 0.3) is 0 Å². The SMILES string of the molecule is Cc1ccc(Cl)cc1Nc1cnc(C(=O)NCc2ccc3c(c2)OCO3)cn1. The molecule has 0 radical (unpaired) electrons. The molecular formula is C20H17ClN4O3. The number of fused-ring (bicyclic) bond motifs is 1. The summed E-state index contributed by atoms with van der Waals surface area (Å²) in [6.07, 6.45) is 2.94. The molecule has 0 bridgehead atoms. The Kier molecular flexibility index (Phi) is 4.99. The highest BCUT2D eigenvalue weighted by Gasteiger charge is 2.14. The van der Waals surface area contributed by atoms with E-state index in [9.17, 15) is 4.79 Å². The van der Waals surface area contributed by atoms with Crippen LogP contribution < -0.4 is 20.1 Å². The maximum absolute atomic E-state index is 12.3. The lowest BCUT2D eigenvalue weighted by Crippen LogP contribution is -2.24. The third-order valence-electron chi connectivity index (χ3n) is 4.24. The molecule has 7 nitrogen and oxygen atoms in total. The molecule has 0 unspecified atom stereocenters. The molecule has 0 aliphatic carbocycles. The van der Waals surface area contributed by atoms with Crippen molar-refractivity contribution >= 4 is 29.0 Å². The van der Waals surface area contributed by atoms with Crippen LogP contribution in [0.5, 0.6) is 11.5 Å². The zero-order valence-electron chi connectivity index (χ0n) is 15.0. The molecule has 0 saturated carbocycles. The van der Waals surface area contributed by atoms with Crippen molar-refractivity contribution < 1.29 is 14.3 Å². The predicted molar refractivity (Wildman–Crippen MR) is 105 cm³/mol. The Morgan fingerprint density at radius 2 is 1.96 bits per heavy atom. The highest BCUT2D eigenvalue weighted by molar-refractivity contribution is 6.30. The molecule has 1 aliphatic rings. The van der Waals surface area contributed by atoms with Crippen molar-refractivity contribution in [1.29, 1.82) is 0 Å². The van der Waals surface area contributed by atoms with E-state index in [1.54, 1.807) is 0 Å². The van der Waals surface area contributed by atoms with Gasteiger partial charge in [0.25, 0.3) is 5.91 Å². The van der Waals surface area contributed by atoms with E-state index in [0.717, 1.165) is 16.8 Å². The summed E-state index contributed by atoms with van der Waals surface area (Å²) in [4.78, 5) is 20.7. The van der Waals surface area contributed by atoms with Crippen LogP contribution in [0, 0.1) is 6.92 Å². The minimum atomic E-state index is -0.310. The summed E-state index contributed by atoms with van der Waals surface area (Å²) in [5, 5.41) is 6.59. The van der Waals surface area contributed by atoms with Crippen LogP contribution in [0.1, 0.15) is 21.6 Å². The van der Waals surface area contributed by atoms with Gasteiger partial charge in [0, 0.05) is 17.3 Å². The van der Waals surface area contributed by atoms with Crippen LogP contribution >= 0.6 is 11.6 Å². The van der Waals surface area contributed by atoms with Crippen LogP contribution in [0.4, 0.5) is 11.5 Å². The minimum Gasteiger partial charge on any atom is -0.454 e. The number of rotatable bonds is 5. The first-order chi connectivity index (χ1) is 13.6. The Bertz CT molecular complexity index is 1020. The number of carbonyl (C=O) groups is 1. The smallest absolute Gasteiger partial charge is 0.271 e. The van der Waals surface area contributed by atoms with Gasteiger partial charge in [-0.1, -0.05) is 23.7 Å². The molecule has 1 aromatic heterocycles. The fourth-order valence-corrected chi connectivity index (χ4v) is 2.87. The normalized spacial score (nSPS) is 11.9. The van der Waals surface area contributed by atoms with E-state index < -0.39 is 0 Å². The molecule has 3 aromatic rings. The van der Waals surface area contributed by atoms with Gasteiger partial charge in [-0.25, -0.2) is 9.97 Å². The summed E-state index contributed by atoms with van der Waals surface area (Å²) < 4.78 is 10.6. The molecular weight excluding hydrogens is 380 g/mol. The number of nitrogens with zero attached hydrogens (tertiary/aromatic N) is 2. The van der Waals surface area contributed by atoms with E-state index in [1.807, 2.05) is 43.3 Å². The molecule has 4 rings (SSSR count). The molecule has 28 heavy (non-hydrogen) atoms. The number of hydrogen-bond donors (Lipinski definition) is 2. The number of carbonyl (C=O) groups excluding carboxylic acids is 1. The molecule has 0 atom stereocenters. The molecule has 2 N–H and O–H groups in total. The van der Waals surface area contributed by atoms with Gasteiger partial charge < -0.3 is 20.1 Å². The monoisotopic (exact) mass is 396 g/mol. The highest BCUT2D eigenvalue weighted by atomic mass is 35.5. The molecule has 1 amide bonds. The summed E-state index contributed by atoms with van der Waals surface area (Å²) in [7, 11) is 0. The third-order valence-corrected chi connectivity index (χ3v) is 4.47. The van der Waals surface area contributed by atoms with Crippen molar-refractivity contribution in [3.63, 3.8) is 0 Å². The number of aryl methyl sites for hydroxylation is 1. The molecule has 2 heterocycles. The van der Waals surface area contributed by atoms with Gasteiger partial charge in [-0.3, -0.25) is 4.79 Å². The van der Waals surface area contributed by atoms with E-state index in [4.69, 9.17) is 21.1 Å². The standard InChI is InChI=1S/C20H17ClN4O3/c1-12-2-4-14(21)7-15(12)25-19-10-22-16(9-23-19)20(26)24-8-13-3-5-17-18(6-13)28-11-27-17/h2-7,9-10H,8,11H2,1H3,(H,23,25)(H,24,26). The van der Waals surface area contributed by atoms with Crippen LogP contribution in [-0.2, 0) is 6.54 Å². The van der Waals surface area contributed by atoms with Crippen LogP contribution in [-0.4, -0.2) is 22.7 Å². The Labute approximate surface area is 166 Å². The Morgan fingerprint density at radius 1 is 1.11 bits per heavy atom. The number of aromatic nitrogens is 2. The van der Waals surface area contributed by atoms with Gasteiger partial charge in [0.05, 0.1) is 12.4 Å². The summed E-state index contributed by atoms with van der Waals surface area (Å²) >= 11 is 6.02. The van der Waals surface area contributed by atoms with Gasteiger partial charge in [-0.2, -0.15) is 0 Å². The van der Waals surface area contributed by atoms with E-state index >= 15 is 0 Å². The van der Waals surface area contributed by atoms with Gasteiger partial charge in [0.15, 0.2) is 11.5 Å². The second-order valence-electron chi connectivity index (χ2n) is 6.24. The molecule has 0 saturated heterocycles. The number of anilines is 2. The summed E-state index contributed by atoms with van der Waals surface area (Å²) in [5.41, 5.74) is 2.99. The van der Waals surface area contributed by atoms with Crippen molar-refractivity contribution in [3.8, 4) is 11.5 Å². The van der Waals surface area contributed by atoms with E-state index in [-0.39, 0.29) is 18.4 Å². The molecule has 142 valence electrons. The van der Waals surface area contributed by atoms with E-state index in [1.165, 1.54) is 12.4 Å². The lowest BCUT2D eigenvalue weighted by atomic mass is 10.2. The summed E-state index contributed by atoms with van der Waals surface area (Å²) in [6, 6.07) is 11.1. The number of benzene rings is 2. The summed E-state index contributed by atoms with van der Waals surface area (Å²) in [5.74, 6) is 1.60. The minimum absolute atomic E-state index is 0.218. The van der Waals surface area contributed by atoms with Gasteiger partial charge in [0.1, 0.15) is 11.5 Å². The molecule has 1 aliphatic heterocycles. The lowest BCUT2D eigenvalue weighted by Gasteiger charge is -2.09. The number of amides is 1. The Morgan fingerprint density at radius 3 is 2.79 bits per heavy atom. The van der Waals surface area contributed by atoms with Crippen molar-refractivity contribution in [3.05, 3.63) is 70.6 Å². The van der Waals surface area contributed by atoms with Gasteiger partial charge in [-0.05, 0) is 42.3 Å². The zero-order valence-corrected chi connectivity index (χ0v) is 15.8. The molecule has 8 heteroatoms. The van der Waals surface area contributed by atoms with E-state index in [0.29, 0.717) is 28.9 Å². The fraction of sp³-hybridized carbons (Fsp3) is 0.150. The molecule has 2 aromatic carbocycles. The number of halogens is 1. The average Bonchev–Trinajstić information content (AvgIpc) is 3.17. The summed E-state index contributed by atoms with van der Waals surface area (Å²) in [6.45, 7) is 2.53. The van der Waals surface area contributed by atoms with Gasteiger partial charge in [0.2, 0.25) is 6.79 Å². The van der Waals surface area contributed by atoms with Crippen molar-refractivity contribution in [2.75, 3.05) is 12.1 Å². The third kappa shape index (κ3) is 3.99. The lowest BCUT2D eigenvalue weighted by molar-refractivity contribution is 0.0945. The van der Waals surface area contributed by atoms with Crippen molar-refractivity contribution in [2.45, 2.75) is 13.5 Å². The van der Waals surface area contributed by atoms with E-state index in [2.05, 4.69) is 20.6 Å². The number of hydrogen-bond acceptors (Lipinski definition) is 6. The second-order valence-corrected chi connectivity index (χ2v) is 6.68.